The van der Waals surface area contributed by atoms with Crippen LogP contribution >= 0.6 is 59.4 Å². The van der Waals surface area contributed by atoms with E-state index in [9.17, 15) is 0 Å². The molecule has 1 aliphatic rings. The van der Waals surface area contributed by atoms with E-state index >= 15 is 0 Å². The van der Waals surface area contributed by atoms with Gasteiger partial charge in [-0.05, 0) is 66.8 Å². The lowest BCUT2D eigenvalue weighted by atomic mass is 9.95. The number of halogens is 4. The first kappa shape index (κ1) is 35.2. The molecule has 0 aromatic heterocycles. The van der Waals surface area contributed by atoms with Crippen molar-refractivity contribution in [1.29, 1.82) is 0 Å². The van der Waals surface area contributed by atoms with Crippen molar-refractivity contribution in [3.63, 3.8) is 0 Å². The van der Waals surface area contributed by atoms with Crippen molar-refractivity contribution in [2.45, 2.75) is 90.0 Å². The minimum absolute atomic E-state index is 0.769. The van der Waals surface area contributed by atoms with Gasteiger partial charge in [-0.25, -0.2) is 0 Å². The molecule has 0 aliphatic heterocycles. The molecule has 1 aliphatic carbocycles. The minimum Gasteiger partial charge on any atom is -0.309 e. The Morgan fingerprint density at radius 2 is 1.24 bits per heavy atom. The second-order valence-electron chi connectivity index (χ2n) is 7.94. The average molecular weight is 630 g/mol. The van der Waals surface area contributed by atoms with Crippen LogP contribution in [-0.4, -0.2) is 72.4 Å². The number of unbranched alkanes of at least 4 members (excludes halogenated alkanes) is 4. The predicted octanol–water partition coefficient (Wildman–Crippen LogP) is 8.58. The van der Waals surface area contributed by atoms with Crippen molar-refractivity contribution >= 4 is 59.4 Å². The monoisotopic (exact) mass is 626 g/mol. The lowest BCUT2D eigenvalue weighted by Gasteiger charge is -2.27. The van der Waals surface area contributed by atoms with Crippen LogP contribution in [-0.2, 0) is 0 Å². The van der Waals surface area contributed by atoms with Gasteiger partial charge in [0.15, 0.2) is 0 Å². The zero-order valence-electron chi connectivity index (χ0n) is 20.0. The third-order valence-corrected chi connectivity index (χ3v) is 6.50. The van der Waals surface area contributed by atoms with Gasteiger partial charge in [-0.3, -0.25) is 0 Å². The SMILES string of the molecule is BrCCCBr.CCCCCCCN(C)C.CN(C)C1CCCCC1.ClCCCBr. The highest BCUT2D eigenvalue weighted by Crippen LogP contribution is 2.20. The van der Waals surface area contributed by atoms with Gasteiger partial charge in [0, 0.05) is 27.9 Å². The summed E-state index contributed by atoms with van der Waals surface area (Å²) >= 11 is 15.1. The molecule has 1 rings (SSSR count). The Kier molecular flexibility index (Phi) is 38.7. The highest BCUT2D eigenvalue weighted by molar-refractivity contribution is 9.09. The maximum atomic E-state index is 5.27. The van der Waals surface area contributed by atoms with E-state index < -0.39 is 0 Å². The van der Waals surface area contributed by atoms with Gasteiger partial charge in [0.2, 0.25) is 0 Å². The Morgan fingerprint density at radius 3 is 1.52 bits per heavy atom. The zero-order valence-corrected chi connectivity index (χ0v) is 25.5. The van der Waals surface area contributed by atoms with Gasteiger partial charge in [-0.1, -0.05) is 99.7 Å². The Labute approximate surface area is 214 Å². The standard InChI is InChI=1S/C9H21N.C8H17N.C3H6Br2.C3H6BrCl/c1-4-5-6-7-8-9-10(2)3;1-9(2)8-6-4-3-5-7-8;2*4-2-1-3-5/h4-9H2,1-3H3;8H,3-7H2,1-2H3;2*1-3H2. The van der Waals surface area contributed by atoms with Crippen LogP contribution in [0.15, 0.2) is 0 Å². The molecule has 0 saturated heterocycles. The fourth-order valence-electron chi connectivity index (χ4n) is 2.73. The van der Waals surface area contributed by atoms with Gasteiger partial charge in [0.1, 0.15) is 0 Å². The molecule has 2 nitrogen and oxygen atoms in total. The van der Waals surface area contributed by atoms with E-state index in [0.717, 1.165) is 34.3 Å². The highest BCUT2D eigenvalue weighted by Gasteiger charge is 2.13. The summed E-state index contributed by atoms with van der Waals surface area (Å²) in [6.07, 6.45) is 16.5. The first-order valence-corrected chi connectivity index (χ1v) is 15.4. The number of hydrogen-bond acceptors (Lipinski definition) is 2. The molecule has 1 saturated carbocycles. The van der Waals surface area contributed by atoms with Crippen LogP contribution in [0.5, 0.6) is 0 Å². The molecule has 0 aromatic carbocycles. The molecule has 0 radical (unpaired) electrons. The largest absolute Gasteiger partial charge is 0.309 e. The van der Waals surface area contributed by atoms with Crippen molar-refractivity contribution in [1.82, 2.24) is 9.80 Å². The predicted molar refractivity (Wildman–Crippen MR) is 149 cm³/mol. The molecule has 180 valence electrons. The quantitative estimate of drug-likeness (QED) is 0.167. The number of alkyl halides is 4. The van der Waals surface area contributed by atoms with E-state index in [0.29, 0.717) is 0 Å². The summed E-state index contributed by atoms with van der Waals surface area (Å²) in [6, 6.07) is 0.888. The van der Waals surface area contributed by atoms with Gasteiger partial charge in [0.05, 0.1) is 0 Å². The fraction of sp³-hybridized carbons (Fsp3) is 1.00. The molecule has 0 heterocycles. The van der Waals surface area contributed by atoms with E-state index in [1.807, 2.05) is 0 Å². The number of hydrogen-bond donors (Lipinski definition) is 0. The molecule has 0 N–H and O–H groups in total. The van der Waals surface area contributed by atoms with E-state index in [2.05, 4.69) is 92.7 Å². The molecule has 0 atom stereocenters. The highest BCUT2D eigenvalue weighted by atomic mass is 79.9. The Balaban J connectivity index is -0.000000327. The first-order chi connectivity index (χ1) is 13.9. The number of rotatable bonds is 11. The average Bonchev–Trinajstić information content (AvgIpc) is 2.71. The van der Waals surface area contributed by atoms with Crippen molar-refractivity contribution < 1.29 is 0 Å². The summed E-state index contributed by atoms with van der Waals surface area (Å²) in [6.45, 7) is 3.51. The van der Waals surface area contributed by atoms with Crippen molar-refractivity contribution in [3.05, 3.63) is 0 Å². The van der Waals surface area contributed by atoms with Crippen LogP contribution in [0, 0.1) is 0 Å². The Morgan fingerprint density at radius 1 is 0.724 bits per heavy atom. The minimum atomic E-state index is 0.769. The van der Waals surface area contributed by atoms with Gasteiger partial charge < -0.3 is 9.80 Å². The number of nitrogens with zero attached hydrogens (tertiary/aromatic N) is 2. The molecule has 0 unspecified atom stereocenters. The van der Waals surface area contributed by atoms with Gasteiger partial charge in [0.25, 0.3) is 0 Å². The molecule has 6 heteroatoms. The van der Waals surface area contributed by atoms with Crippen LogP contribution in [0.25, 0.3) is 0 Å². The summed E-state index contributed by atoms with van der Waals surface area (Å²) in [7, 11) is 8.66. The molecule has 29 heavy (non-hydrogen) atoms. The van der Waals surface area contributed by atoms with E-state index in [1.165, 1.54) is 77.2 Å². The van der Waals surface area contributed by atoms with Crippen LogP contribution in [0.4, 0.5) is 0 Å². The first-order valence-electron chi connectivity index (χ1n) is 11.5. The van der Waals surface area contributed by atoms with Gasteiger partial charge in [-0.2, -0.15) is 0 Å². The fourth-order valence-corrected chi connectivity index (χ4v) is 4.78. The summed E-state index contributed by atoms with van der Waals surface area (Å²) in [4.78, 5) is 4.62. The maximum Gasteiger partial charge on any atom is 0.0231 e. The second kappa shape index (κ2) is 31.8. The lowest BCUT2D eigenvalue weighted by Crippen LogP contribution is -2.29. The molecule has 0 bridgehead atoms. The van der Waals surface area contributed by atoms with Crippen molar-refractivity contribution in [2.75, 3.05) is 56.6 Å². The summed E-state index contributed by atoms with van der Waals surface area (Å²) < 4.78 is 0. The summed E-state index contributed by atoms with van der Waals surface area (Å²) in [5.41, 5.74) is 0. The molecule has 1 fully saturated rings. The maximum absolute atomic E-state index is 5.27. The molecular weight excluding hydrogens is 579 g/mol. The Hall–Kier alpha value is 1.65. The van der Waals surface area contributed by atoms with Crippen LogP contribution in [0.3, 0.4) is 0 Å². The molecular formula is C23H50Br3ClN2. The summed E-state index contributed by atoms with van der Waals surface area (Å²) in [5.74, 6) is 0.769. The topological polar surface area (TPSA) is 6.48 Å². The van der Waals surface area contributed by atoms with Crippen LogP contribution < -0.4 is 0 Å². The van der Waals surface area contributed by atoms with E-state index in [4.69, 9.17) is 11.6 Å². The normalized spacial score (nSPS) is 13.8. The smallest absolute Gasteiger partial charge is 0.0231 e. The second-order valence-corrected chi connectivity index (χ2v) is 10.7. The van der Waals surface area contributed by atoms with Crippen LogP contribution in [0.2, 0.25) is 0 Å². The summed E-state index contributed by atoms with van der Waals surface area (Å²) in [5, 5.41) is 3.24. The van der Waals surface area contributed by atoms with Gasteiger partial charge >= 0.3 is 0 Å². The van der Waals surface area contributed by atoms with E-state index in [-0.39, 0.29) is 0 Å². The van der Waals surface area contributed by atoms with E-state index in [1.54, 1.807) is 0 Å². The molecule has 0 amide bonds. The Bertz CT molecular complexity index is 255. The van der Waals surface area contributed by atoms with Crippen molar-refractivity contribution in [2.24, 2.45) is 0 Å². The van der Waals surface area contributed by atoms with Gasteiger partial charge in [-0.15, -0.1) is 11.6 Å². The molecule has 0 spiro atoms. The van der Waals surface area contributed by atoms with Crippen LogP contribution in [0.1, 0.15) is 84.0 Å². The third-order valence-electron chi connectivity index (χ3n) is 4.55. The third kappa shape index (κ3) is 37.3. The zero-order chi connectivity index (χ0) is 22.8. The molecule has 0 aromatic rings. The lowest BCUT2D eigenvalue weighted by molar-refractivity contribution is 0.229. The van der Waals surface area contributed by atoms with Crippen molar-refractivity contribution in [3.8, 4) is 0 Å².